The zero-order valence-electron chi connectivity index (χ0n) is 10.2. The van der Waals surface area contributed by atoms with Crippen LogP contribution in [0.3, 0.4) is 0 Å². The Morgan fingerprint density at radius 2 is 2.29 bits per heavy atom. The zero-order chi connectivity index (χ0) is 12.0. The summed E-state index contributed by atoms with van der Waals surface area (Å²) < 4.78 is 7.64. The number of imidazole rings is 1. The highest BCUT2D eigenvalue weighted by Crippen LogP contribution is 2.33. The number of rotatable bonds is 1. The standard InChI is InChI=1S/C13H17N3O/c1-9-4-3-5-10-11(9)15-12(14)16(10)13(2)6-7-17-8-13/h3-5H,6-8H2,1-2H3,(H2,14,15). The Bertz CT molecular complexity index is 567. The van der Waals surface area contributed by atoms with Crippen LogP contribution in [-0.4, -0.2) is 22.8 Å². The van der Waals surface area contributed by atoms with Gasteiger partial charge in [-0.15, -0.1) is 0 Å². The van der Waals surface area contributed by atoms with Gasteiger partial charge in [-0.3, -0.25) is 0 Å². The molecule has 4 nitrogen and oxygen atoms in total. The molecule has 2 N–H and O–H groups in total. The summed E-state index contributed by atoms with van der Waals surface area (Å²) in [6, 6.07) is 6.19. The Hall–Kier alpha value is -1.55. The average Bonchev–Trinajstić information content (AvgIpc) is 2.83. The van der Waals surface area contributed by atoms with Crippen molar-refractivity contribution < 1.29 is 4.74 Å². The van der Waals surface area contributed by atoms with E-state index in [0.717, 1.165) is 29.6 Å². The van der Waals surface area contributed by atoms with E-state index < -0.39 is 0 Å². The molecule has 1 atom stereocenters. The van der Waals surface area contributed by atoms with Gasteiger partial charge in [0.15, 0.2) is 0 Å². The molecule has 0 saturated carbocycles. The number of anilines is 1. The molecule has 4 heteroatoms. The molecular weight excluding hydrogens is 214 g/mol. The molecule has 2 heterocycles. The maximum absolute atomic E-state index is 6.08. The van der Waals surface area contributed by atoms with Crippen LogP contribution < -0.4 is 5.73 Å². The van der Waals surface area contributed by atoms with Gasteiger partial charge in [0, 0.05) is 6.61 Å². The lowest BCUT2D eigenvalue weighted by Crippen LogP contribution is -2.31. The number of hydrogen-bond donors (Lipinski definition) is 1. The Morgan fingerprint density at radius 3 is 3.00 bits per heavy atom. The van der Waals surface area contributed by atoms with Crippen LogP contribution in [0.1, 0.15) is 18.9 Å². The van der Waals surface area contributed by atoms with Crippen molar-refractivity contribution in [2.45, 2.75) is 25.8 Å². The molecule has 2 aromatic rings. The average molecular weight is 231 g/mol. The summed E-state index contributed by atoms with van der Waals surface area (Å²) in [7, 11) is 0. The van der Waals surface area contributed by atoms with Gasteiger partial charge in [-0.2, -0.15) is 0 Å². The van der Waals surface area contributed by atoms with E-state index in [1.165, 1.54) is 0 Å². The molecule has 1 fully saturated rings. The smallest absolute Gasteiger partial charge is 0.201 e. The van der Waals surface area contributed by atoms with Crippen molar-refractivity contribution >= 4 is 17.0 Å². The van der Waals surface area contributed by atoms with E-state index in [1.54, 1.807) is 0 Å². The molecule has 1 unspecified atom stereocenters. The number of hydrogen-bond acceptors (Lipinski definition) is 3. The lowest BCUT2D eigenvalue weighted by Gasteiger charge is -2.25. The topological polar surface area (TPSA) is 53.1 Å². The quantitative estimate of drug-likeness (QED) is 0.817. The van der Waals surface area contributed by atoms with Crippen molar-refractivity contribution in [3.05, 3.63) is 23.8 Å². The van der Waals surface area contributed by atoms with Crippen molar-refractivity contribution in [1.82, 2.24) is 9.55 Å². The lowest BCUT2D eigenvalue weighted by atomic mass is 10.0. The molecule has 1 aliphatic rings. The van der Waals surface area contributed by atoms with Crippen LogP contribution in [0.5, 0.6) is 0 Å². The predicted molar refractivity (Wildman–Crippen MR) is 68.0 cm³/mol. The molecule has 0 radical (unpaired) electrons. The highest BCUT2D eigenvalue weighted by atomic mass is 16.5. The summed E-state index contributed by atoms with van der Waals surface area (Å²) >= 11 is 0. The first-order valence-corrected chi connectivity index (χ1v) is 5.94. The summed E-state index contributed by atoms with van der Waals surface area (Å²) in [6.45, 7) is 5.74. The molecule has 0 spiro atoms. The summed E-state index contributed by atoms with van der Waals surface area (Å²) in [5.41, 5.74) is 9.29. The summed E-state index contributed by atoms with van der Waals surface area (Å²) in [4.78, 5) is 4.49. The Kier molecular flexibility index (Phi) is 2.16. The molecule has 3 rings (SSSR count). The second kappa shape index (κ2) is 3.47. The number of nitrogen functional groups attached to an aromatic ring is 1. The predicted octanol–water partition coefficient (Wildman–Crippen LogP) is 2.06. The third-order valence-corrected chi connectivity index (χ3v) is 3.65. The van der Waals surface area contributed by atoms with Crippen LogP contribution in [-0.2, 0) is 10.3 Å². The number of fused-ring (bicyclic) bond motifs is 1. The zero-order valence-corrected chi connectivity index (χ0v) is 10.2. The maximum atomic E-state index is 6.08. The Labute approximate surface area is 100 Å². The maximum Gasteiger partial charge on any atom is 0.201 e. The number of aryl methyl sites for hydroxylation is 1. The fraction of sp³-hybridized carbons (Fsp3) is 0.462. The van der Waals surface area contributed by atoms with Crippen LogP contribution in [0.2, 0.25) is 0 Å². The molecule has 1 aromatic carbocycles. The summed E-state index contributed by atoms with van der Waals surface area (Å²) in [5, 5.41) is 0. The third kappa shape index (κ3) is 1.44. The number of aromatic nitrogens is 2. The first-order chi connectivity index (χ1) is 8.12. The monoisotopic (exact) mass is 231 g/mol. The fourth-order valence-electron chi connectivity index (χ4n) is 2.66. The van der Waals surface area contributed by atoms with Crippen LogP contribution in [0.15, 0.2) is 18.2 Å². The van der Waals surface area contributed by atoms with Gasteiger partial charge in [0.25, 0.3) is 0 Å². The largest absolute Gasteiger partial charge is 0.379 e. The Morgan fingerprint density at radius 1 is 1.47 bits per heavy atom. The minimum atomic E-state index is -0.0629. The van der Waals surface area contributed by atoms with E-state index in [1.807, 2.05) is 0 Å². The number of para-hydroxylation sites is 1. The second-order valence-corrected chi connectivity index (χ2v) is 5.05. The van der Waals surface area contributed by atoms with Crippen LogP contribution in [0.25, 0.3) is 11.0 Å². The van der Waals surface area contributed by atoms with Crippen molar-refractivity contribution in [3.8, 4) is 0 Å². The minimum Gasteiger partial charge on any atom is -0.379 e. The Balaban J connectivity index is 2.29. The number of nitrogens with zero attached hydrogens (tertiary/aromatic N) is 2. The van der Waals surface area contributed by atoms with E-state index in [-0.39, 0.29) is 5.54 Å². The van der Waals surface area contributed by atoms with Crippen LogP contribution in [0.4, 0.5) is 5.95 Å². The molecule has 0 aliphatic carbocycles. The van der Waals surface area contributed by atoms with Crippen molar-refractivity contribution in [2.24, 2.45) is 0 Å². The highest BCUT2D eigenvalue weighted by molar-refractivity contribution is 5.81. The van der Waals surface area contributed by atoms with Gasteiger partial charge in [-0.1, -0.05) is 12.1 Å². The van der Waals surface area contributed by atoms with E-state index in [2.05, 4.69) is 41.6 Å². The van der Waals surface area contributed by atoms with Crippen molar-refractivity contribution in [2.75, 3.05) is 18.9 Å². The first-order valence-electron chi connectivity index (χ1n) is 5.94. The molecule has 1 aromatic heterocycles. The molecule has 17 heavy (non-hydrogen) atoms. The van der Waals surface area contributed by atoms with Crippen molar-refractivity contribution in [3.63, 3.8) is 0 Å². The normalized spacial score (nSPS) is 24.6. The molecule has 0 bridgehead atoms. The molecule has 90 valence electrons. The van der Waals surface area contributed by atoms with Gasteiger partial charge in [0.1, 0.15) is 0 Å². The van der Waals surface area contributed by atoms with Gasteiger partial charge < -0.3 is 15.0 Å². The molecule has 1 aliphatic heterocycles. The molecule has 0 amide bonds. The van der Waals surface area contributed by atoms with Gasteiger partial charge in [-0.05, 0) is 31.9 Å². The highest BCUT2D eigenvalue weighted by Gasteiger charge is 2.34. The van der Waals surface area contributed by atoms with Gasteiger partial charge in [0.05, 0.1) is 23.2 Å². The lowest BCUT2D eigenvalue weighted by molar-refractivity contribution is 0.164. The number of benzene rings is 1. The van der Waals surface area contributed by atoms with Crippen molar-refractivity contribution in [1.29, 1.82) is 0 Å². The summed E-state index contributed by atoms with van der Waals surface area (Å²) in [6.07, 6.45) is 0.983. The number of nitrogens with two attached hydrogens (primary N) is 1. The van der Waals surface area contributed by atoms with Crippen LogP contribution >= 0.6 is 0 Å². The number of ether oxygens (including phenoxy) is 1. The van der Waals surface area contributed by atoms with E-state index in [9.17, 15) is 0 Å². The van der Waals surface area contributed by atoms with E-state index >= 15 is 0 Å². The van der Waals surface area contributed by atoms with Crippen LogP contribution in [0, 0.1) is 6.92 Å². The van der Waals surface area contributed by atoms with Gasteiger partial charge >= 0.3 is 0 Å². The van der Waals surface area contributed by atoms with E-state index in [4.69, 9.17) is 10.5 Å². The first kappa shape index (κ1) is 10.6. The fourth-order valence-corrected chi connectivity index (χ4v) is 2.66. The van der Waals surface area contributed by atoms with E-state index in [0.29, 0.717) is 12.6 Å². The second-order valence-electron chi connectivity index (χ2n) is 5.05. The molecular formula is C13H17N3O. The summed E-state index contributed by atoms with van der Waals surface area (Å²) in [5.74, 6) is 0.585. The third-order valence-electron chi connectivity index (χ3n) is 3.65. The molecule has 1 saturated heterocycles. The minimum absolute atomic E-state index is 0.0629. The van der Waals surface area contributed by atoms with Gasteiger partial charge in [0.2, 0.25) is 5.95 Å². The SMILES string of the molecule is Cc1cccc2c1nc(N)n2C1(C)CCOC1. The van der Waals surface area contributed by atoms with Gasteiger partial charge in [-0.25, -0.2) is 4.98 Å².